The molecule has 1 atom stereocenters. The number of fused-ring (bicyclic) bond motifs is 1. The topological polar surface area (TPSA) is 9.23 Å². The van der Waals surface area contributed by atoms with Crippen molar-refractivity contribution in [2.24, 2.45) is 0 Å². The summed E-state index contributed by atoms with van der Waals surface area (Å²) in [7, 11) is -0.0450. The second-order valence-electron chi connectivity index (χ2n) is 4.00. The van der Waals surface area contributed by atoms with Crippen molar-refractivity contribution in [3.05, 3.63) is 41.6 Å². The van der Waals surface area contributed by atoms with Crippen molar-refractivity contribution in [2.45, 2.75) is 19.4 Å². The zero-order valence-electron chi connectivity index (χ0n) is 8.84. The SMILES string of the molecule is C=C[Si](C)(OC)c1ccc2c(c1)CC2. The van der Waals surface area contributed by atoms with E-state index in [0.717, 1.165) is 0 Å². The Balaban J connectivity index is 2.40. The van der Waals surface area contributed by atoms with Gasteiger partial charge in [-0.2, -0.15) is 0 Å². The molecule has 0 aromatic heterocycles. The lowest BCUT2D eigenvalue weighted by molar-refractivity contribution is 0.420. The van der Waals surface area contributed by atoms with Crippen molar-refractivity contribution in [3.8, 4) is 0 Å². The Kier molecular flexibility index (Phi) is 2.33. The molecule has 1 aromatic carbocycles. The van der Waals surface area contributed by atoms with E-state index in [0.29, 0.717) is 0 Å². The number of rotatable bonds is 3. The second kappa shape index (κ2) is 3.37. The highest BCUT2D eigenvalue weighted by Crippen LogP contribution is 2.22. The molecule has 1 aromatic rings. The number of benzene rings is 1. The first-order chi connectivity index (χ1) is 6.69. The summed E-state index contributed by atoms with van der Waals surface area (Å²) in [4.78, 5) is 0. The average Bonchev–Trinajstić information content (AvgIpc) is 2.19. The number of hydrogen-bond acceptors (Lipinski definition) is 1. The maximum atomic E-state index is 5.61. The van der Waals surface area contributed by atoms with Gasteiger partial charge in [-0.05, 0) is 35.7 Å². The molecule has 1 unspecified atom stereocenters. The molecule has 0 heterocycles. The zero-order valence-corrected chi connectivity index (χ0v) is 9.84. The first kappa shape index (κ1) is 9.68. The quantitative estimate of drug-likeness (QED) is 0.684. The molecule has 0 radical (unpaired) electrons. The molecular weight excluding hydrogens is 188 g/mol. The highest BCUT2D eigenvalue weighted by Gasteiger charge is 2.28. The van der Waals surface area contributed by atoms with Gasteiger partial charge in [-0.25, -0.2) is 0 Å². The lowest BCUT2D eigenvalue weighted by Gasteiger charge is -2.26. The van der Waals surface area contributed by atoms with E-state index in [4.69, 9.17) is 4.43 Å². The van der Waals surface area contributed by atoms with E-state index in [9.17, 15) is 0 Å². The molecule has 0 bridgehead atoms. The van der Waals surface area contributed by atoms with E-state index >= 15 is 0 Å². The monoisotopic (exact) mass is 204 g/mol. The molecule has 0 N–H and O–H groups in total. The van der Waals surface area contributed by atoms with Gasteiger partial charge in [-0.15, -0.1) is 6.58 Å². The van der Waals surface area contributed by atoms with Gasteiger partial charge in [0.05, 0.1) is 0 Å². The average molecular weight is 204 g/mol. The van der Waals surface area contributed by atoms with Gasteiger partial charge in [-0.3, -0.25) is 0 Å². The molecule has 0 aliphatic heterocycles. The molecule has 0 spiro atoms. The predicted octanol–water partition coefficient (Wildman–Crippen LogP) is 1.94. The fourth-order valence-corrected chi connectivity index (χ4v) is 3.34. The Bertz CT molecular complexity index is 373. The van der Waals surface area contributed by atoms with E-state index in [1.807, 2.05) is 5.70 Å². The van der Waals surface area contributed by atoms with Crippen LogP contribution in [0.2, 0.25) is 6.55 Å². The molecule has 1 aliphatic carbocycles. The maximum Gasteiger partial charge on any atom is 0.244 e. The molecule has 2 rings (SSSR count). The third kappa shape index (κ3) is 1.35. The van der Waals surface area contributed by atoms with Crippen LogP contribution in [0.15, 0.2) is 30.5 Å². The highest BCUT2D eigenvalue weighted by molar-refractivity contribution is 6.89. The minimum Gasteiger partial charge on any atom is -0.412 e. The summed E-state index contributed by atoms with van der Waals surface area (Å²) < 4.78 is 5.61. The van der Waals surface area contributed by atoms with Crippen molar-refractivity contribution >= 4 is 13.5 Å². The molecule has 0 amide bonds. The summed E-state index contributed by atoms with van der Waals surface area (Å²) in [5, 5.41) is 1.34. The van der Waals surface area contributed by atoms with Crippen LogP contribution in [0, 0.1) is 0 Å². The Morgan fingerprint density at radius 2 is 2.07 bits per heavy atom. The molecule has 0 fully saturated rings. The molecule has 1 nitrogen and oxygen atoms in total. The van der Waals surface area contributed by atoms with E-state index in [1.54, 1.807) is 7.11 Å². The standard InChI is InChI=1S/C12H16OSi/c1-4-14(3,13-2)12-8-7-10-5-6-11(10)9-12/h4,7-9H,1,5-6H2,2-3H3. The normalized spacial score (nSPS) is 17.9. The Morgan fingerprint density at radius 1 is 1.36 bits per heavy atom. The van der Waals surface area contributed by atoms with Crippen LogP contribution in [-0.2, 0) is 17.3 Å². The number of aryl methyl sites for hydroxylation is 2. The second-order valence-corrected chi connectivity index (χ2v) is 7.61. The zero-order chi connectivity index (χ0) is 10.2. The Morgan fingerprint density at radius 3 is 2.50 bits per heavy atom. The Hall–Kier alpha value is -0.863. The van der Waals surface area contributed by atoms with Crippen LogP contribution < -0.4 is 5.19 Å². The van der Waals surface area contributed by atoms with Gasteiger partial charge in [0.15, 0.2) is 0 Å². The fraction of sp³-hybridized carbons (Fsp3) is 0.333. The smallest absolute Gasteiger partial charge is 0.244 e. The van der Waals surface area contributed by atoms with Gasteiger partial charge < -0.3 is 4.43 Å². The summed E-state index contributed by atoms with van der Waals surface area (Å²) >= 11 is 0. The highest BCUT2D eigenvalue weighted by atomic mass is 28.4. The van der Waals surface area contributed by atoms with E-state index < -0.39 is 8.32 Å². The van der Waals surface area contributed by atoms with Gasteiger partial charge in [0.25, 0.3) is 0 Å². The van der Waals surface area contributed by atoms with Crippen LogP contribution in [0.4, 0.5) is 0 Å². The third-order valence-corrected chi connectivity index (χ3v) is 6.34. The lowest BCUT2D eigenvalue weighted by Crippen LogP contribution is -2.45. The number of hydrogen-bond donors (Lipinski definition) is 0. The first-order valence-corrected chi connectivity index (χ1v) is 7.49. The molecule has 0 saturated carbocycles. The largest absolute Gasteiger partial charge is 0.412 e. The maximum absolute atomic E-state index is 5.61. The van der Waals surface area contributed by atoms with Gasteiger partial charge >= 0.3 is 0 Å². The summed E-state index contributed by atoms with van der Waals surface area (Å²) in [6, 6.07) is 6.74. The fourth-order valence-electron chi connectivity index (χ4n) is 1.82. The molecule has 14 heavy (non-hydrogen) atoms. The third-order valence-electron chi connectivity index (χ3n) is 3.26. The summed E-state index contributed by atoms with van der Waals surface area (Å²) in [6.07, 6.45) is 2.48. The van der Waals surface area contributed by atoms with Crippen molar-refractivity contribution < 1.29 is 4.43 Å². The Labute approximate surface area is 86.5 Å². The van der Waals surface area contributed by atoms with Crippen LogP contribution in [0.3, 0.4) is 0 Å². The van der Waals surface area contributed by atoms with Crippen LogP contribution in [0.5, 0.6) is 0 Å². The van der Waals surface area contributed by atoms with Crippen molar-refractivity contribution in [1.82, 2.24) is 0 Å². The van der Waals surface area contributed by atoms with Crippen LogP contribution >= 0.6 is 0 Å². The first-order valence-electron chi connectivity index (χ1n) is 5.00. The van der Waals surface area contributed by atoms with Crippen molar-refractivity contribution in [3.63, 3.8) is 0 Å². The molecule has 74 valence electrons. The van der Waals surface area contributed by atoms with Gasteiger partial charge in [-0.1, -0.05) is 23.9 Å². The summed E-state index contributed by atoms with van der Waals surface area (Å²) in [5.41, 5.74) is 5.00. The minimum absolute atomic E-state index is 1.23. The van der Waals surface area contributed by atoms with Crippen molar-refractivity contribution in [2.75, 3.05) is 7.11 Å². The van der Waals surface area contributed by atoms with Crippen molar-refractivity contribution in [1.29, 1.82) is 0 Å². The van der Waals surface area contributed by atoms with Gasteiger partial charge in [0.2, 0.25) is 8.32 Å². The molecule has 2 heteroatoms. The summed E-state index contributed by atoms with van der Waals surface area (Å²) in [6.45, 7) is 6.07. The van der Waals surface area contributed by atoms with E-state index in [1.165, 1.54) is 29.2 Å². The molecule has 1 aliphatic rings. The van der Waals surface area contributed by atoms with Gasteiger partial charge in [0.1, 0.15) is 0 Å². The molecule has 0 saturated heterocycles. The van der Waals surface area contributed by atoms with Crippen LogP contribution in [0.25, 0.3) is 0 Å². The minimum atomic E-state index is -1.83. The predicted molar refractivity (Wildman–Crippen MR) is 62.3 cm³/mol. The molecular formula is C12H16OSi. The van der Waals surface area contributed by atoms with Crippen LogP contribution in [0.1, 0.15) is 11.1 Å². The van der Waals surface area contributed by atoms with Gasteiger partial charge in [0, 0.05) is 7.11 Å². The van der Waals surface area contributed by atoms with Crippen LogP contribution in [-0.4, -0.2) is 15.4 Å². The van der Waals surface area contributed by atoms with E-state index in [2.05, 4.69) is 31.3 Å². The summed E-state index contributed by atoms with van der Waals surface area (Å²) in [5.74, 6) is 0. The van der Waals surface area contributed by atoms with E-state index in [-0.39, 0.29) is 0 Å². The lowest BCUT2D eigenvalue weighted by atomic mass is 9.89.